The summed E-state index contributed by atoms with van der Waals surface area (Å²) in [5.74, 6) is 0.662. The summed E-state index contributed by atoms with van der Waals surface area (Å²) in [4.78, 5) is 0. The van der Waals surface area contributed by atoms with Gasteiger partial charge in [-0.2, -0.15) is 0 Å². The van der Waals surface area contributed by atoms with Crippen LogP contribution in [0.2, 0.25) is 0 Å². The fraction of sp³-hybridized carbons (Fsp3) is 0.647. The Bertz CT molecular complexity index is 396. The summed E-state index contributed by atoms with van der Waals surface area (Å²) in [5.41, 5.74) is 2.38. The zero-order valence-corrected chi connectivity index (χ0v) is 12.2. The molecule has 0 aliphatic heterocycles. The van der Waals surface area contributed by atoms with Gasteiger partial charge in [-0.05, 0) is 68.3 Å². The first-order chi connectivity index (χ1) is 9.20. The molecule has 1 aliphatic rings. The second-order valence-electron chi connectivity index (χ2n) is 5.88. The Morgan fingerprint density at radius 1 is 1.32 bits per heavy atom. The van der Waals surface area contributed by atoms with Crippen LogP contribution in [-0.4, -0.2) is 12.6 Å². The van der Waals surface area contributed by atoms with E-state index in [0.29, 0.717) is 6.04 Å². The first-order valence-corrected chi connectivity index (χ1v) is 7.69. The number of hydrogen-bond donors (Lipinski definition) is 1. The summed E-state index contributed by atoms with van der Waals surface area (Å²) in [7, 11) is 0. The maximum absolute atomic E-state index is 13.4. The molecule has 1 aliphatic carbocycles. The summed E-state index contributed by atoms with van der Waals surface area (Å²) in [6.45, 7) is 5.35. The quantitative estimate of drug-likeness (QED) is 0.809. The van der Waals surface area contributed by atoms with Crippen LogP contribution in [0.3, 0.4) is 0 Å². The van der Waals surface area contributed by atoms with E-state index in [9.17, 15) is 4.39 Å². The van der Waals surface area contributed by atoms with Crippen LogP contribution in [0.4, 0.5) is 4.39 Å². The minimum atomic E-state index is -0.110. The topological polar surface area (TPSA) is 12.0 Å². The number of nitrogens with one attached hydrogen (secondary N) is 1. The van der Waals surface area contributed by atoms with Gasteiger partial charge in [0, 0.05) is 6.04 Å². The molecule has 1 N–H and O–H groups in total. The smallest absolute Gasteiger partial charge is 0.123 e. The number of aryl methyl sites for hydroxylation is 1. The van der Waals surface area contributed by atoms with Crippen molar-refractivity contribution in [2.75, 3.05) is 6.54 Å². The maximum atomic E-state index is 13.4. The largest absolute Gasteiger partial charge is 0.313 e. The van der Waals surface area contributed by atoms with Gasteiger partial charge in [0.15, 0.2) is 0 Å². The van der Waals surface area contributed by atoms with Crippen LogP contribution in [0.1, 0.15) is 50.2 Å². The van der Waals surface area contributed by atoms with Crippen molar-refractivity contribution in [2.45, 2.75) is 58.4 Å². The lowest BCUT2D eigenvalue weighted by Crippen LogP contribution is -2.37. The third-order valence-electron chi connectivity index (χ3n) is 4.38. The highest BCUT2D eigenvalue weighted by molar-refractivity contribution is 5.27. The minimum Gasteiger partial charge on any atom is -0.313 e. The van der Waals surface area contributed by atoms with E-state index in [0.717, 1.165) is 25.3 Å². The molecule has 0 amide bonds. The highest BCUT2D eigenvalue weighted by atomic mass is 19.1. The molecule has 1 atom stereocenters. The van der Waals surface area contributed by atoms with E-state index < -0.39 is 0 Å². The van der Waals surface area contributed by atoms with Gasteiger partial charge >= 0.3 is 0 Å². The van der Waals surface area contributed by atoms with Crippen LogP contribution in [0, 0.1) is 18.7 Å². The van der Waals surface area contributed by atoms with Crippen molar-refractivity contribution >= 4 is 0 Å². The lowest BCUT2D eigenvalue weighted by atomic mass is 9.90. The molecular weight excluding hydrogens is 237 g/mol. The Balaban J connectivity index is 2.07. The molecule has 2 heteroatoms. The predicted molar refractivity (Wildman–Crippen MR) is 78.9 cm³/mol. The van der Waals surface area contributed by atoms with Crippen LogP contribution >= 0.6 is 0 Å². The fourth-order valence-corrected chi connectivity index (χ4v) is 3.19. The van der Waals surface area contributed by atoms with Crippen molar-refractivity contribution in [3.8, 4) is 0 Å². The number of benzene rings is 1. The lowest BCUT2D eigenvalue weighted by molar-refractivity contribution is 0.356. The van der Waals surface area contributed by atoms with Gasteiger partial charge in [-0.3, -0.25) is 0 Å². The Kier molecular flexibility index (Phi) is 5.38. The van der Waals surface area contributed by atoms with E-state index >= 15 is 0 Å². The molecule has 19 heavy (non-hydrogen) atoms. The summed E-state index contributed by atoms with van der Waals surface area (Å²) in [6, 6.07) is 5.69. The number of rotatable bonds is 6. The first kappa shape index (κ1) is 14.5. The molecule has 0 aromatic heterocycles. The molecule has 0 saturated heterocycles. The van der Waals surface area contributed by atoms with Gasteiger partial charge in [-0.15, -0.1) is 0 Å². The molecule has 1 aromatic rings. The Morgan fingerprint density at radius 3 is 2.74 bits per heavy atom. The number of hydrogen-bond acceptors (Lipinski definition) is 1. The normalized spacial score (nSPS) is 17.8. The molecule has 1 fully saturated rings. The SMILES string of the molecule is CCCNC(Cc1cc(F)ccc1C)C1CCCC1. The Labute approximate surface area is 116 Å². The zero-order valence-electron chi connectivity index (χ0n) is 12.2. The molecule has 1 nitrogen and oxygen atoms in total. The Morgan fingerprint density at radius 2 is 2.05 bits per heavy atom. The summed E-state index contributed by atoms with van der Waals surface area (Å²) in [5, 5.41) is 3.68. The van der Waals surface area contributed by atoms with Crippen molar-refractivity contribution < 1.29 is 4.39 Å². The van der Waals surface area contributed by atoms with E-state index in [2.05, 4.69) is 19.2 Å². The molecule has 1 aromatic carbocycles. The van der Waals surface area contributed by atoms with Gasteiger partial charge in [0.2, 0.25) is 0 Å². The van der Waals surface area contributed by atoms with E-state index in [1.165, 1.54) is 36.8 Å². The van der Waals surface area contributed by atoms with Crippen LogP contribution in [0.15, 0.2) is 18.2 Å². The van der Waals surface area contributed by atoms with E-state index in [1.807, 2.05) is 6.07 Å². The van der Waals surface area contributed by atoms with Gasteiger partial charge < -0.3 is 5.32 Å². The predicted octanol–water partition coefficient (Wildman–Crippen LogP) is 4.24. The maximum Gasteiger partial charge on any atom is 0.123 e. The van der Waals surface area contributed by atoms with E-state index in [1.54, 1.807) is 12.1 Å². The number of halogens is 1. The van der Waals surface area contributed by atoms with Crippen LogP contribution in [0.5, 0.6) is 0 Å². The summed E-state index contributed by atoms with van der Waals surface area (Å²) in [6.07, 6.45) is 7.50. The monoisotopic (exact) mass is 263 g/mol. The molecule has 1 saturated carbocycles. The van der Waals surface area contributed by atoms with Gasteiger partial charge in [-0.25, -0.2) is 4.39 Å². The zero-order chi connectivity index (χ0) is 13.7. The van der Waals surface area contributed by atoms with Crippen molar-refractivity contribution in [3.05, 3.63) is 35.1 Å². The third kappa shape index (κ3) is 4.04. The highest BCUT2D eigenvalue weighted by Gasteiger charge is 2.25. The van der Waals surface area contributed by atoms with Crippen molar-refractivity contribution in [2.24, 2.45) is 5.92 Å². The van der Waals surface area contributed by atoms with Crippen LogP contribution < -0.4 is 5.32 Å². The Hall–Kier alpha value is -0.890. The minimum absolute atomic E-state index is 0.110. The van der Waals surface area contributed by atoms with Crippen molar-refractivity contribution in [3.63, 3.8) is 0 Å². The van der Waals surface area contributed by atoms with Gasteiger partial charge in [0.25, 0.3) is 0 Å². The molecular formula is C17H26FN. The summed E-state index contributed by atoms with van der Waals surface area (Å²) >= 11 is 0. The van der Waals surface area contributed by atoms with Crippen LogP contribution in [-0.2, 0) is 6.42 Å². The third-order valence-corrected chi connectivity index (χ3v) is 4.38. The second kappa shape index (κ2) is 7.04. The van der Waals surface area contributed by atoms with Crippen LogP contribution in [0.25, 0.3) is 0 Å². The second-order valence-corrected chi connectivity index (χ2v) is 5.88. The van der Waals surface area contributed by atoms with Crippen molar-refractivity contribution in [1.82, 2.24) is 5.32 Å². The lowest BCUT2D eigenvalue weighted by Gasteiger charge is -2.25. The average molecular weight is 263 g/mol. The van der Waals surface area contributed by atoms with Crippen molar-refractivity contribution in [1.29, 1.82) is 0 Å². The molecule has 0 spiro atoms. The van der Waals surface area contributed by atoms with Gasteiger partial charge in [-0.1, -0.05) is 25.8 Å². The van der Waals surface area contributed by atoms with E-state index in [4.69, 9.17) is 0 Å². The molecule has 1 unspecified atom stereocenters. The molecule has 0 bridgehead atoms. The molecule has 0 radical (unpaired) electrons. The van der Waals surface area contributed by atoms with E-state index in [-0.39, 0.29) is 5.82 Å². The highest BCUT2D eigenvalue weighted by Crippen LogP contribution is 2.29. The molecule has 0 heterocycles. The summed E-state index contributed by atoms with van der Waals surface area (Å²) < 4.78 is 13.4. The standard InChI is InChI=1S/C17H26FN/c1-3-10-19-17(14-6-4-5-7-14)12-15-11-16(18)9-8-13(15)2/h8-9,11,14,17,19H,3-7,10,12H2,1-2H3. The molecule has 106 valence electrons. The van der Waals surface area contributed by atoms with Gasteiger partial charge in [0.1, 0.15) is 5.82 Å². The average Bonchev–Trinajstić information content (AvgIpc) is 2.92. The fourth-order valence-electron chi connectivity index (χ4n) is 3.19. The first-order valence-electron chi connectivity index (χ1n) is 7.69. The van der Waals surface area contributed by atoms with Gasteiger partial charge in [0.05, 0.1) is 0 Å². The molecule has 2 rings (SSSR count).